The molecule has 60 valence electrons. The lowest BCUT2D eigenvalue weighted by Crippen LogP contribution is -1.89. The third-order valence-electron chi connectivity index (χ3n) is 1.95. The van der Waals surface area contributed by atoms with Crippen molar-refractivity contribution >= 4 is 23.2 Å². The number of benzene rings is 1. The van der Waals surface area contributed by atoms with E-state index in [2.05, 4.69) is 6.92 Å². The van der Waals surface area contributed by atoms with Crippen LogP contribution >= 0.6 is 23.2 Å². The van der Waals surface area contributed by atoms with Gasteiger partial charge in [0.05, 0.1) is 0 Å². The van der Waals surface area contributed by atoms with Crippen molar-refractivity contribution in [3.8, 4) is 0 Å². The van der Waals surface area contributed by atoms with Crippen LogP contribution < -0.4 is 0 Å². The summed E-state index contributed by atoms with van der Waals surface area (Å²) in [5, 5.41) is 0.767. The van der Waals surface area contributed by atoms with Gasteiger partial charge in [0.1, 0.15) is 0 Å². The van der Waals surface area contributed by atoms with E-state index in [0.29, 0.717) is 5.88 Å². The number of aryl methyl sites for hydroxylation is 1. The summed E-state index contributed by atoms with van der Waals surface area (Å²) in [5.41, 5.74) is 3.49. The lowest BCUT2D eigenvalue weighted by Gasteiger charge is -2.06. The number of halogens is 2. The van der Waals surface area contributed by atoms with E-state index in [-0.39, 0.29) is 0 Å². The standard InChI is InChI=1S/C9H10Cl2/c1-6-3-4-9(11)8(5-10)7(6)2/h3-4H,5H2,1-2H3. The quantitative estimate of drug-likeness (QED) is 0.591. The van der Waals surface area contributed by atoms with Crippen molar-refractivity contribution in [2.45, 2.75) is 19.7 Å². The predicted molar refractivity (Wildman–Crippen MR) is 50.5 cm³/mol. The lowest BCUT2D eigenvalue weighted by molar-refractivity contribution is 1.24. The molecule has 0 heterocycles. The van der Waals surface area contributed by atoms with Gasteiger partial charge in [0.15, 0.2) is 0 Å². The molecular weight excluding hydrogens is 179 g/mol. The van der Waals surface area contributed by atoms with Crippen LogP contribution in [0.1, 0.15) is 16.7 Å². The van der Waals surface area contributed by atoms with Crippen molar-refractivity contribution in [1.29, 1.82) is 0 Å². The minimum Gasteiger partial charge on any atom is -0.121 e. The Morgan fingerprint density at radius 1 is 1.27 bits per heavy atom. The van der Waals surface area contributed by atoms with Crippen molar-refractivity contribution in [3.63, 3.8) is 0 Å². The maximum absolute atomic E-state index is 5.92. The van der Waals surface area contributed by atoms with Gasteiger partial charge in [-0.05, 0) is 36.6 Å². The molecule has 0 aliphatic rings. The minimum absolute atomic E-state index is 0.492. The van der Waals surface area contributed by atoms with E-state index in [1.165, 1.54) is 11.1 Å². The normalized spacial score (nSPS) is 10.2. The molecular formula is C9H10Cl2. The average Bonchev–Trinajstić information content (AvgIpc) is 1.99. The van der Waals surface area contributed by atoms with Crippen molar-refractivity contribution in [2.75, 3.05) is 0 Å². The van der Waals surface area contributed by atoms with Crippen LogP contribution in [0.3, 0.4) is 0 Å². The van der Waals surface area contributed by atoms with E-state index >= 15 is 0 Å². The zero-order chi connectivity index (χ0) is 8.43. The highest BCUT2D eigenvalue weighted by atomic mass is 35.5. The molecule has 1 aromatic carbocycles. The molecule has 0 amide bonds. The molecule has 0 unspecified atom stereocenters. The second kappa shape index (κ2) is 3.46. The maximum Gasteiger partial charge on any atom is 0.0491 e. The van der Waals surface area contributed by atoms with E-state index in [4.69, 9.17) is 23.2 Å². The van der Waals surface area contributed by atoms with Crippen molar-refractivity contribution in [1.82, 2.24) is 0 Å². The Morgan fingerprint density at radius 2 is 1.91 bits per heavy atom. The van der Waals surface area contributed by atoms with Crippen LogP contribution in [-0.4, -0.2) is 0 Å². The molecule has 0 nitrogen and oxygen atoms in total. The van der Waals surface area contributed by atoms with E-state index in [1.807, 2.05) is 19.1 Å². The molecule has 0 N–H and O–H groups in total. The summed E-state index contributed by atoms with van der Waals surface area (Å²) in [6, 6.07) is 3.90. The van der Waals surface area contributed by atoms with Gasteiger partial charge in [-0.1, -0.05) is 17.7 Å². The molecule has 11 heavy (non-hydrogen) atoms. The first-order valence-electron chi connectivity index (χ1n) is 3.47. The smallest absolute Gasteiger partial charge is 0.0491 e. The molecule has 0 fully saturated rings. The first-order chi connectivity index (χ1) is 5.16. The Balaban J connectivity index is 3.29. The molecule has 0 atom stereocenters. The molecule has 1 rings (SSSR count). The van der Waals surface area contributed by atoms with Gasteiger partial charge in [0.2, 0.25) is 0 Å². The Bertz CT molecular complexity index is 267. The van der Waals surface area contributed by atoms with E-state index < -0.39 is 0 Å². The molecule has 0 radical (unpaired) electrons. The molecule has 0 saturated carbocycles. The van der Waals surface area contributed by atoms with Crippen LogP contribution in [0.5, 0.6) is 0 Å². The van der Waals surface area contributed by atoms with Gasteiger partial charge < -0.3 is 0 Å². The molecule has 0 saturated heterocycles. The summed E-state index contributed by atoms with van der Waals surface area (Å²) in [7, 11) is 0. The predicted octanol–water partition coefficient (Wildman–Crippen LogP) is 3.70. The fraction of sp³-hybridized carbons (Fsp3) is 0.333. The molecule has 0 aromatic heterocycles. The fourth-order valence-corrected chi connectivity index (χ4v) is 1.69. The molecule has 0 aliphatic heterocycles. The summed E-state index contributed by atoms with van der Waals surface area (Å²) in [6.07, 6.45) is 0. The van der Waals surface area contributed by atoms with Gasteiger partial charge in [-0.25, -0.2) is 0 Å². The number of rotatable bonds is 1. The molecule has 0 aliphatic carbocycles. The average molecular weight is 189 g/mol. The molecule has 0 bridgehead atoms. The molecule has 1 aromatic rings. The van der Waals surface area contributed by atoms with Crippen molar-refractivity contribution < 1.29 is 0 Å². The highest BCUT2D eigenvalue weighted by molar-refractivity contribution is 6.32. The van der Waals surface area contributed by atoms with Crippen LogP contribution in [0.25, 0.3) is 0 Å². The van der Waals surface area contributed by atoms with Gasteiger partial charge >= 0.3 is 0 Å². The van der Waals surface area contributed by atoms with Gasteiger partial charge in [0, 0.05) is 10.9 Å². The Labute approximate surface area is 77.1 Å². The summed E-state index contributed by atoms with van der Waals surface area (Å²) in [5.74, 6) is 0.492. The van der Waals surface area contributed by atoms with Gasteiger partial charge in [0.25, 0.3) is 0 Å². The summed E-state index contributed by atoms with van der Waals surface area (Å²) >= 11 is 11.6. The summed E-state index contributed by atoms with van der Waals surface area (Å²) in [4.78, 5) is 0. The SMILES string of the molecule is Cc1ccc(Cl)c(CCl)c1C. The second-order valence-electron chi connectivity index (χ2n) is 2.60. The number of hydrogen-bond donors (Lipinski definition) is 0. The van der Waals surface area contributed by atoms with Crippen LogP contribution in [-0.2, 0) is 5.88 Å². The van der Waals surface area contributed by atoms with E-state index in [0.717, 1.165) is 10.6 Å². The number of alkyl halides is 1. The van der Waals surface area contributed by atoms with Gasteiger partial charge in [-0.15, -0.1) is 11.6 Å². The zero-order valence-electron chi connectivity index (χ0n) is 6.62. The maximum atomic E-state index is 5.92. The second-order valence-corrected chi connectivity index (χ2v) is 3.28. The topological polar surface area (TPSA) is 0 Å². The van der Waals surface area contributed by atoms with E-state index in [9.17, 15) is 0 Å². The largest absolute Gasteiger partial charge is 0.121 e. The van der Waals surface area contributed by atoms with Crippen LogP contribution in [0, 0.1) is 13.8 Å². The number of hydrogen-bond acceptors (Lipinski definition) is 0. The first-order valence-corrected chi connectivity index (χ1v) is 4.38. The fourth-order valence-electron chi connectivity index (χ4n) is 1.00. The third-order valence-corrected chi connectivity index (χ3v) is 2.57. The third kappa shape index (κ3) is 1.69. The monoisotopic (exact) mass is 188 g/mol. The van der Waals surface area contributed by atoms with Crippen LogP contribution in [0.2, 0.25) is 5.02 Å². The van der Waals surface area contributed by atoms with Crippen molar-refractivity contribution in [3.05, 3.63) is 33.8 Å². The lowest BCUT2D eigenvalue weighted by atomic mass is 10.1. The highest BCUT2D eigenvalue weighted by Gasteiger charge is 2.03. The Morgan fingerprint density at radius 3 is 2.36 bits per heavy atom. The van der Waals surface area contributed by atoms with Gasteiger partial charge in [-0.3, -0.25) is 0 Å². The Kier molecular flexibility index (Phi) is 2.80. The van der Waals surface area contributed by atoms with Crippen molar-refractivity contribution in [2.24, 2.45) is 0 Å². The molecule has 0 spiro atoms. The first kappa shape index (κ1) is 8.89. The summed E-state index contributed by atoms with van der Waals surface area (Å²) < 4.78 is 0. The Hall–Kier alpha value is -0.200. The van der Waals surface area contributed by atoms with E-state index in [1.54, 1.807) is 0 Å². The highest BCUT2D eigenvalue weighted by Crippen LogP contribution is 2.23. The molecule has 2 heteroatoms. The zero-order valence-corrected chi connectivity index (χ0v) is 8.13. The van der Waals surface area contributed by atoms with Gasteiger partial charge in [-0.2, -0.15) is 0 Å². The van der Waals surface area contributed by atoms with Crippen LogP contribution in [0.4, 0.5) is 0 Å². The summed E-state index contributed by atoms with van der Waals surface area (Å²) in [6.45, 7) is 4.10. The minimum atomic E-state index is 0.492. The van der Waals surface area contributed by atoms with Crippen LogP contribution in [0.15, 0.2) is 12.1 Å².